The van der Waals surface area contributed by atoms with Gasteiger partial charge in [-0.1, -0.05) is 29.8 Å². The van der Waals surface area contributed by atoms with Gasteiger partial charge in [0, 0.05) is 27.4 Å². The van der Waals surface area contributed by atoms with Crippen molar-refractivity contribution in [1.82, 2.24) is 14.8 Å². The van der Waals surface area contributed by atoms with Crippen LogP contribution >= 0.6 is 34.3 Å². The minimum Gasteiger partial charge on any atom is -0.305 e. The summed E-state index contributed by atoms with van der Waals surface area (Å²) in [6.07, 6.45) is 1.64. The van der Waals surface area contributed by atoms with Crippen LogP contribution in [-0.4, -0.2) is 20.7 Å². The maximum atomic E-state index is 12.5. The highest BCUT2D eigenvalue weighted by molar-refractivity contribution is 7.14. The molecule has 130 valence electrons. The number of hydrogen-bond acceptors (Lipinski definition) is 5. The molecule has 5 nitrogen and oxygen atoms in total. The molecule has 0 bridgehead atoms. The molecule has 0 aliphatic rings. The average molecular weight is 401 g/mol. The lowest BCUT2D eigenvalue weighted by Gasteiger charge is -2.09. The molecule has 26 heavy (non-hydrogen) atoms. The molecule has 3 aromatic heterocycles. The second-order valence-electron chi connectivity index (χ2n) is 5.47. The highest BCUT2D eigenvalue weighted by Crippen LogP contribution is 2.26. The first-order valence-electron chi connectivity index (χ1n) is 7.75. The minimum atomic E-state index is -0.261. The normalized spacial score (nSPS) is 10.8. The van der Waals surface area contributed by atoms with Gasteiger partial charge in [-0.25, -0.2) is 9.67 Å². The summed E-state index contributed by atoms with van der Waals surface area (Å²) < 4.78 is 1.70. The third kappa shape index (κ3) is 3.55. The fourth-order valence-corrected chi connectivity index (χ4v) is 4.14. The maximum Gasteiger partial charge on any atom is 0.276 e. The van der Waals surface area contributed by atoms with Gasteiger partial charge >= 0.3 is 0 Å². The third-order valence-electron chi connectivity index (χ3n) is 3.74. The molecule has 0 fully saturated rings. The average Bonchev–Trinajstić information content (AvgIpc) is 3.38. The van der Waals surface area contributed by atoms with Crippen molar-refractivity contribution >= 4 is 46.0 Å². The Labute approximate surface area is 162 Å². The van der Waals surface area contributed by atoms with Gasteiger partial charge in [-0.05, 0) is 23.1 Å². The number of carbonyl (C=O) groups excluding carboxylic acids is 1. The van der Waals surface area contributed by atoms with Gasteiger partial charge < -0.3 is 5.32 Å². The van der Waals surface area contributed by atoms with Gasteiger partial charge in [0.2, 0.25) is 0 Å². The molecular formula is C18H13ClN4OS2. The number of halogens is 1. The zero-order valence-corrected chi connectivity index (χ0v) is 15.8. The summed E-state index contributed by atoms with van der Waals surface area (Å²) in [4.78, 5) is 17.0. The third-order valence-corrected chi connectivity index (χ3v) is 5.68. The molecule has 0 spiro atoms. The maximum absolute atomic E-state index is 12.5. The van der Waals surface area contributed by atoms with E-state index in [2.05, 4.69) is 15.4 Å². The largest absolute Gasteiger partial charge is 0.305 e. The second kappa shape index (κ2) is 7.41. The molecule has 0 radical (unpaired) electrons. The number of nitrogens with one attached hydrogen (secondary N) is 1. The van der Waals surface area contributed by atoms with Crippen LogP contribution in [0.4, 0.5) is 5.82 Å². The smallest absolute Gasteiger partial charge is 0.276 e. The van der Waals surface area contributed by atoms with Crippen molar-refractivity contribution in [3.05, 3.63) is 75.0 Å². The standard InChI is InChI=1S/C18H13ClN4OS2/c19-14-4-2-1-3-12(14)9-23-16(5-7-20-23)22-17(24)15-11-26-18(21-15)13-6-8-25-10-13/h1-8,10-11H,9H2,(H,22,24). The Morgan fingerprint density at radius 2 is 2.08 bits per heavy atom. The molecule has 8 heteroatoms. The monoisotopic (exact) mass is 400 g/mol. The van der Waals surface area contributed by atoms with Gasteiger partial charge in [-0.2, -0.15) is 16.4 Å². The van der Waals surface area contributed by atoms with E-state index < -0.39 is 0 Å². The van der Waals surface area contributed by atoms with Gasteiger partial charge in [-0.3, -0.25) is 4.79 Å². The Morgan fingerprint density at radius 1 is 1.19 bits per heavy atom. The Kier molecular flexibility index (Phi) is 4.83. The van der Waals surface area contributed by atoms with Crippen LogP contribution < -0.4 is 5.32 Å². The van der Waals surface area contributed by atoms with Crippen LogP contribution in [0, 0.1) is 0 Å². The topological polar surface area (TPSA) is 59.8 Å². The number of nitrogens with zero attached hydrogens (tertiary/aromatic N) is 3. The van der Waals surface area contributed by atoms with Crippen molar-refractivity contribution in [3.63, 3.8) is 0 Å². The van der Waals surface area contributed by atoms with Crippen molar-refractivity contribution in [2.45, 2.75) is 6.54 Å². The minimum absolute atomic E-state index is 0.261. The molecule has 3 heterocycles. The number of rotatable bonds is 5. The molecule has 0 aliphatic carbocycles. The summed E-state index contributed by atoms with van der Waals surface area (Å²) in [7, 11) is 0. The van der Waals surface area contributed by atoms with Crippen LogP contribution in [0.3, 0.4) is 0 Å². The van der Waals surface area contributed by atoms with E-state index >= 15 is 0 Å². The van der Waals surface area contributed by atoms with Crippen LogP contribution in [0.15, 0.2) is 58.7 Å². The summed E-state index contributed by atoms with van der Waals surface area (Å²) in [5.41, 5.74) is 2.35. The van der Waals surface area contributed by atoms with E-state index in [1.54, 1.807) is 33.7 Å². The summed E-state index contributed by atoms with van der Waals surface area (Å²) in [6.45, 7) is 0.472. The van der Waals surface area contributed by atoms with E-state index in [-0.39, 0.29) is 5.91 Å². The van der Waals surface area contributed by atoms with E-state index in [4.69, 9.17) is 11.6 Å². The number of thiazole rings is 1. The van der Waals surface area contributed by atoms with Gasteiger partial charge in [0.1, 0.15) is 16.5 Å². The van der Waals surface area contributed by atoms with E-state index in [0.717, 1.165) is 16.1 Å². The number of hydrogen-bond donors (Lipinski definition) is 1. The molecule has 1 N–H and O–H groups in total. The molecule has 0 saturated heterocycles. The number of anilines is 1. The highest BCUT2D eigenvalue weighted by Gasteiger charge is 2.15. The van der Waals surface area contributed by atoms with Crippen molar-refractivity contribution < 1.29 is 4.79 Å². The molecule has 0 atom stereocenters. The Bertz CT molecular complexity index is 1040. The zero-order valence-electron chi connectivity index (χ0n) is 13.4. The summed E-state index contributed by atoms with van der Waals surface area (Å²) in [6, 6.07) is 11.3. The van der Waals surface area contributed by atoms with Crippen molar-refractivity contribution in [3.8, 4) is 10.6 Å². The van der Waals surface area contributed by atoms with Gasteiger partial charge in [0.15, 0.2) is 0 Å². The number of benzene rings is 1. The van der Waals surface area contributed by atoms with Crippen LogP contribution in [-0.2, 0) is 6.54 Å². The van der Waals surface area contributed by atoms with Crippen molar-refractivity contribution in [2.75, 3.05) is 5.32 Å². The molecular weight excluding hydrogens is 388 g/mol. The van der Waals surface area contributed by atoms with Crippen LogP contribution in [0.5, 0.6) is 0 Å². The molecule has 1 amide bonds. The lowest BCUT2D eigenvalue weighted by molar-refractivity contribution is 0.102. The van der Waals surface area contributed by atoms with E-state index in [9.17, 15) is 4.79 Å². The Balaban J connectivity index is 1.51. The molecule has 1 aromatic carbocycles. The Morgan fingerprint density at radius 3 is 2.88 bits per heavy atom. The molecule has 0 aliphatic heterocycles. The SMILES string of the molecule is O=C(Nc1ccnn1Cc1ccccc1Cl)c1csc(-c2ccsc2)n1. The molecule has 4 rings (SSSR count). The van der Waals surface area contributed by atoms with E-state index in [1.165, 1.54) is 11.3 Å². The zero-order chi connectivity index (χ0) is 17.9. The van der Waals surface area contributed by atoms with Crippen molar-refractivity contribution in [2.24, 2.45) is 0 Å². The molecule has 0 unspecified atom stereocenters. The lowest BCUT2D eigenvalue weighted by Crippen LogP contribution is -2.16. The van der Waals surface area contributed by atoms with Gasteiger partial charge in [0.25, 0.3) is 5.91 Å². The van der Waals surface area contributed by atoms with Crippen LogP contribution in [0.1, 0.15) is 16.1 Å². The van der Waals surface area contributed by atoms with Crippen LogP contribution in [0.2, 0.25) is 5.02 Å². The predicted octanol–water partition coefficient (Wildman–Crippen LogP) is 5.02. The number of carbonyl (C=O) groups is 1. The number of thiophene rings is 1. The highest BCUT2D eigenvalue weighted by atomic mass is 35.5. The lowest BCUT2D eigenvalue weighted by atomic mass is 10.2. The van der Waals surface area contributed by atoms with Gasteiger partial charge in [-0.15, -0.1) is 11.3 Å². The summed E-state index contributed by atoms with van der Waals surface area (Å²) >= 11 is 9.27. The second-order valence-corrected chi connectivity index (χ2v) is 7.51. The quantitative estimate of drug-likeness (QED) is 0.511. The predicted molar refractivity (Wildman–Crippen MR) is 106 cm³/mol. The first-order valence-corrected chi connectivity index (χ1v) is 9.95. The van der Waals surface area contributed by atoms with E-state index in [1.807, 2.05) is 41.1 Å². The number of amides is 1. The number of aromatic nitrogens is 3. The van der Waals surface area contributed by atoms with E-state index in [0.29, 0.717) is 23.1 Å². The van der Waals surface area contributed by atoms with Crippen molar-refractivity contribution in [1.29, 1.82) is 0 Å². The summed E-state index contributed by atoms with van der Waals surface area (Å²) in [5.74, 6) is 0.337. The fraction of sp³-hybridized carbons (Fsp3) is 0.0556. The van der Waals surface area contributed by atoms with Crippen LogP contribution in [0.25, 0.3) is 10.6 Å². The summed E-state index contributed by atoms with van der Waals surface area (Å²) in [5, 5.41) is 14.4. The molecule has 0 saturated carbocycles. The first kappa shape index (κ1) is 17.0. The first-order chi connectivity index (χ1) is 12.7. The van der Waals surface area contributed by atoms with Gasteiger partial charge in [0.05, 0.1) is 12.7 Å². The molecule has 4 aromatic rings. The fourth-order valence-electron chi connectivity index (χ4n) is 2.43. The Hall–Kier alpha value is -2.48.